The quantitative estimate of drug-likeness (QED) is 0.867. The molecule has 1 atom stereocenters. The van der Waals surface area contributed by atoms with E-state index in [9.17, 15) is 5.26 Å². The molecule has 17 heavy (non-hydrogen) atoms. The Labute approximate surface area is 103 Å². The average molecular weight is 232 g/mol. The van der Waals surface area contributed by atoms with E-state index < -0.39 is 0 Å². The van der Waals surface area contributed by atoms with E-state index in [2.05, 4.69) is 42.4 Å². The first-order chi connectivity index (χ1) is 8.01. The first-order valence-corrected chi connectivity index (χ1v) is 6.01. The zero-order valence-corrected chi connectivity index (χ0v) is 11.2. The molecule has 1 aromatic rings. The largest absolute Gasteiger partial charge is 0.364 e. The van der Waals surface area contributed by atoms with E-state index >= 15 is 0 Å². The summed E-state index contributed by atoms with van der Waals surface area (Å²) < 4.78 is 0. The van der Waals surface area contributed by atoms with Crippen molar-refractivity contribution in [1.29, 1.82) is 5.26 Å². The summed E-state index contributed by atoms with van der Waals surface area (Å²) in [5.41, 5.74) is 2.32. The van der Waals surface area contributed by atoms with Crippen molar-refractivity contribution in [2.75, 3.05) is 5.32 Å². The molecule has 1 unspecified atom stereocenters. The van der Waals surface area contributed by atoms with Gasteiger partial charge in [0, 0.05) is 6.04 Å². The summed E-state index contributed by atoms with van der Waals surface area (Å²) in [7, 11) is 0. The predicted molar refractivity (Wildman–Crippen MR) is 68.8 cm³/mol. The lowest BCUT2D eigenvalue weighted by Gasteiger charge is -2.22. The Morgan fingerprint density at radius 2 is 1.94 bits per heavy atom. The van der Waals surface area contributed by atoms with E-state index in [1.165, 1.54) is 0 Å². The van der Waals surface area contributed by atoms with Crippen LogP contribution >= 0.6 is 0 Å². The van der Waals surface area contributed by atoms with Crippen molar-refractivity contribution in [2.45, 2.75) is 47.1 Å². The molecule has 92 valence electrons. The second-order valence-corrected chi connectivity index (χ2v) is 4.65. The molecule has 4 heteroatoms. The number of aromatic nitrogens is 2. The highest BCUT2D eigenvalue weighted by Crippen LogP contribution is 2.20. The molecule has 0 amide bonds. The van der Waals surface area contributed by atoms with Gasteiger partial charge in [-0.2, -0.15) is 10.4 Å². The summed E-state index contributed by atoms with van der Waals surface area (Å²) in [5, 5.41) is 20.7. The summed E-state index contributed by atoms with van der Waals surface area (Å²) in [4.78, 5) is 0. The van der Waals surface area contributed by atoms with E-state index in [0.717, 1.165) is 17.7 Å². The average Bonchev–Trinajstić information content (AvgIpc) is 2.30. The minimum Gasteiger partial charge on any atom is -0.364 e. The molecule has 4 nitrogen and oxygen atoms in total. The van der Waals surface area contributed by atoms with Gasteiger partial charge in [0.05, 0.1) is 5.69 Å². The van der Waals surface area contributed by atoms with Gasteiger partial charge in [-0.1, -0.05) is 20.8 Å². The van der Waals surface area contributed by atoms with Gasteiger partial charge in [0.2, 0.25) is 0 Å². The highest BCUT2D eigenvalue weighted by molar-refractivity contribution is 5.56. The monoisotopic (exact) mass is 232 g/mol. The van der Waals surface area contributed by atoms with Gasteiger partial charge in [-0.15, -0.1) is 5.10 Å². The Morgan fingerprint density at radius 3 is 2.41 bits per heavy atom. The predicted octanol–water partition coefficient (Wildman–Crippen LogP) is 2.81. The maximum Gasteiger partial charge on any atom is 0.167 e. The minimum atomic E-state index is 0.318. The zero-order chi connectivity index (χ0) is 13.0. The highest BCUT2D eigenvalue weighted by Gasteiger charge is 2.16. The molecule has 0 radical (unpaired) electrons. The Balaban J connectivity index is 3.07. The van der Waals surface area contributed by atoms with Gasteiger partial charge in [-0.25, -0.2) is 0 Å². The summed E-state index contributed by atoms with van der Waals surface area (Å²) >= 11 is 0. The topological polar surface area (TPSA) is 61.6 Å². The molecule has 1 heterocycles. The molecular weight excluding hydrogens is 212 g/mol. The Kier molecular flexibility index (Phi) is 4.45. The molecule has 0 aliphatic heterocycles. The van der Waals surface area contributed by atoms with Gasteiger partial charge in [0.1, 0.15) is 11.6 Å². The van der Waals surface area contributed by atoms with Crippen LogP contribution in [0.3, 0.4) is 0 Å². The number of hydrogen-bond donors (Lipinski definition) is 1. The van der Waals surface area contributed by atoms with Gasteiger partial charge < -0.3 is 5.32 Å². The van der Waals surface area contributed by atoms with Crippen LogP contribution in [0.25, 0.3) is 0 Å². The number of nitrogens with zero attached hydrogens (tertiary/aromatic N) is 3. The van der Waals surface area contributed by atoms with Crippen molar-refractivity contribution >= 4 is 5.82 Å². The van der Waals surface area contributed by atoms with E-state index in [1.807, 2.05) is 13.8 Å². The van der Waals surface area contributed by atoms with Crippen LogP contribution < -0.4 is 5.32 Å². The molecule has 0 spiro atoms. The summed E-state index contributed by atoms with van der Waals surface area (Å²) in [6.07, 6.45) is 0.997. The normalized spacial score (nSPS) is 12.3. The number of anilines is 1. The SMILES string of the molecule is CCC(Nc1nnc(C)c(C)c1C#N)C(C)C. The fourth-order valence-corrected chi connectivity index (χ4v) is 1.76. The molecule has 0 bridgehead atoms. The highest BCUT2D eigenvalue weighted by atomic mass is 15.2. The third-order valence-electron chi connectivity index (χ3n) is 3.13. The zero-order valence-electron chi connectivity index (χ0n) is 11.2. The van der Waals surface area contributed by atoms with Crippen LogP contribution in [-0.2, 0) is 0 Å². The van der Waals surface area contributed by atoms with Gasteiger partial charge in [-0.3, -0.25) is 0 Å². The second kappa shape index (κ2) is 5.62. The van der Waals surface area contributed by atoms with Crippen molar-refractivity contribution in [2.24, 2.45) is 5.92 Å². The maximum atomic E-state index is 9.19. The smallest absolute Gasteiger partial charge is 0.167 e. The number of nitriles is 1. The summed E-state index contributed by atoms with van der Waals surface area (Å²) in [6, 6.07) is 2.53. The summed E-state index contributed by atoms with van der Waals surface area (Å²) in [6.45, 7) is 10.2. The molecule has 1 aromatic heterocycles. The number of rotatable bonds is 4. The van der Waals surface area contributed by atoms with E-state index in [1.54, 1.807) is 0 Å². The lowest BCUT2D eigenvalue weighted by atomic mass is 10.0. The first kappa shape index (κ1) is 13.4. The van der Waals surface area contributed by atoms with Crippen LogP contribution in [0.15, 0.2) is 0 Å². The molecule has 0 aliphatic rings. The summed E-state index contributed by atoms with van der Waals surface area (Å²) in [5.74, 6) is 1.10. The van der Waals surface area contributed by atoms with Crippen molar-refractivity contribution in [1.82, 2.24) is 10.2 Å². The molecule has 0 fully saturated rings. The van der Waals surface area contributed by atoms with Crippen molar-refractivity contribution < 1.29 is 0 Å². The molecule has 1 rings (SSSR count). The lowest BCUT2D eigenvalue weighted by molar-refractivity contribution is 0.509. The van der Waals surface area contributed by atoms with Gasteiger partial charge in [-0.05, 0) is 31.7 Å². The van der Waals surface area contributed by atoms with E-state index in [4.69, 9.17) is 0 Å². The molecule has 0 saturated heterocycles. The van der Waals surface area contributed by atoms with Crippen molar-refractivity contribution in [3.63, 3.8) is 0 Å². The van der Waals surface area contributed by atoms with Crippen LogP contribution in [-0.4, -0.2) is 16.2 Å². The van der Waals surface area contributed by atoms with Crippen LogP contribution in [0.1, 0.15) is 44.0 Å². The van der Waals surface area contributed by atoms with E-state index in [-0.39, 0.29) is 0 Å². The van der Waals surface area contributed by atoms with Gasteiger partial charge >= 0.3 is 0 Å². The fourth-order valence-electron chi connectivity index (χ4n) is 1.76. The standard InChI is InChI=1S/C13H20N4/c1-6-12(8(2)3)15-13-11(7-14)9(4)10(5)16-17-13/h8,12H,6H2,1-5H3,(H,15,17). The maximum absolute atomic E-state index is 9.19. The third-order valence-corrected chi connectivity index (χ3v) is 3.13. The van der Waals surface area contributed by atoms with Gasteiger partial charge in [0.25, 0.3) is 0 Å². The molecule has 0 aliphatic carbocycles. The Morgan fingerprint density at radius 1 is 1.29 bits per heavy atom. The van der Waals surface area contributed by atoms with Crippen LogP contribution in [0.5, 0.6) is 0 Å². The Bertz CT molecular complexity index is 432. The molecule has 0 aromatic carbocycles. The number of hydrogen-bond acceptors (Lipinski definition) is 4. The molecule has 0 saturated carbocycles. The minimum absolute atomic E-state index is 0.318. The lowest BCUT2D eigenvalue weighted by Crippen LogP contribution is -2.26. The number of aryl methyl sites for hydroxylation is 1. The van der Waals surface area contributed by atoms with Gasteiger partial charge in [0.15, 0.2) is 5.82 Å². The van der Waals surface area contributed by atoms with Crippen LogP contribution in [0.4, 0.5) is 5.82 Å². The van der Waals surface area contributed by atoms with Crippen LogP contribution in [0, 0.1) is 31.1 Å². The van der Waals surface area contributed by atoms with Crippen molar-refractivity contribution in [3.8, 4) is 6.07 Å². The van der Waals surface area contributed by atoms with Crippen molar-refractivity contribution in [3.05, 3.63) is 16.8 Å². The molecule has 1 N–H and O–H groups in total. The third kappa shape index (κ3) is 2.94. The number of nitrogens with one attached hydrogen (secondary N) is 1. The van der Waals surface area contributed by atoms with E-state index in [0.29, 0.717) is 23.3 Å². The fraction of sp³-hybridized carbons (Fsp3) is 0.615. The second-order valence-electron chi connectivity index (χ2n) is 4.65. The van der Waals surface area contributed by atoms with Crippen LogP contribution in [0.2, 0.25) is 0 Å². The first-order valence-electron chi connectivity index (χ1n) is 6.01. The molecular formula is C13H20N4. The Hall–Kier alpha value is -1.63.